The van der Waals surface area contributed by atoms with Crippen molar-refractivity contribution in [3.63, 3.8) is 0 Å². The maximum absolute atomic E-state index is 12.7. The summed E-state index contributed by atoms with van der Waals surface area (Å²) in [4.78, 5) is 0. The van der Waals surface area contributed by atoms with Crippen LogP contribution in [0.15, 0.2) is 30.3 Å². The van der Waals surface area contributed by atoms with Crippen LogP contribution in [0.2, 0.25) is 0 Å². The highest BCUT2D eigenvalue weighted by atomic mass is 19.4. The zero-order chi connectivity index (χ0) is 12.5. The van der Waals surface area contributed by atoms with E-state index in [9.17, 15) is 17.6 Å². The zero-order valence-electron chi connectivity index (χ0n) is 9.10. The molecule has 4 heteroatoms. The molecule has 0 radical (unpaired) electrons. The normalized spacial score (nSPS) is 21.2. The van der Waals surface area contributed by atoms with Gasteiger partial charge in [0.1, 0.15) is 5.82 Å². The van der Waals surface area contributed by atoms with Gasteiger partial charge >= 0.3 is 6.18 Å². The largest absolute Gasteiger partial charge is 0.392 e. The molecule has 1 aromatic rings. The van der Waals surface area contributed by atoms with Crippen LogP contribution in [0, 0.1) is 11.7 Å². The van der Waals surface area contributed by atoms with Crippen molar-refractivity contribution in [3.05, 3.63) is 41.7 Å². The van der Waals surface area contributed by atoms with Crippen molar-refractivity contribution >= 4 is 5.57 Å². The Morgan fingerprint density at radius 1 is 1.06 bits per heavy atom. The van der Waals surface area contributed by atoms with Gasteiger partial charge in [0.2, 0.25) is 0 Å². The second kappa shape index (κ2) is 4.51. The highest BCUT2D eigenvalue weighted by molar-refractivity contribution is 5.66. The molecule has 2 rings (SSSR count). The van der Waals surface area contributed by atoms with E-state index in [0.29, 0.717) is 6.42 Å². The number of alkyl halides is 3. The van der Waals surface area contributed by atoms with Crippen molar-refractivity contribution < 1.29 is 17.6 Å². The van der Waals surface area contributed by atoms with Crippen LogP contribution in [0.1, 0.15) is 24.8 Å². The van der Waals surface area contributed by atoms with Crippen LogP contribution < -0.4 is 0 Å². The van der Waals surface area contributed by atoms with Gasteiger partial charge in [-0.1, -0.05) is 18.2 Å². The second-order valence-corrected chi connectivity index (χ2v) is 4.25. The Bertz CT molecular complexity index is 414. The molecule has 1 atom stereocenters. The Kier molecular flexibility index (Phi) is 3.22. The lowest BCUT2D eigenvalue weighted by atomic mass is 9.86. The number of halogens is 4. The summed E-state index contributed by atoms with van der Waals surface area (Å²) < 4.78 is 50.0. The third kappa shape index (κ3) is 2.87. The molecule has 1 aliphatic carbocycles. The van der Waals surface area contributed by atoms with Crippen molar-refractivity contribution in [2.24, 2.45) is 5.92 Å². The van der Waals surface area contributed by atoms with Gasteiger partial charge in [-0.25, -0.2) is 4.39 Å². The molecule has 0 spiro atoms. The average molecular weight is 244 g/mol. The van der Waals surface area contributed by atoms with Crippen molar-refractivity contribution in [1.82, 2.24) is 0 Å². The Morgan fingerprint density at radius 3 is 2.18 bits per heavy atom. The Hall–Kier alpha value is -1.32. The zero-order valence-corrected chi connectivity index (χ0v) is 9.10. The fourth-order valence-corrected chi connectivity index (χ4v) is 2.06. The van der Waals surface area contributed by atoms with Crippen LogP contribution in [0.5, 0.6) is 0 Å². The molecule has 0 bridgehead atoms. The molecule has 0 saturated carbocycles. The number of rotatable bonds is 1. The fourth-order valence-electron chi connectivity index (χ4n) is 2.06. The minimum atomic E-state index is -4.11. The lowest BCUT2D eigenvalue weighted by Crippen LogP contribution is -2.24. The van der Waals surface area contributed by atoms with Crippen LogP contribution in [0.4, 0.5) is 17.6 Å². The summed E-state index contributed by atoms with van der Waals surface area (Å²) in [6.45, 7) is 0. The molecule has 0 saturated heterocycles. The van der Waals surface area contributed by atoms with E-state index in [1.54, 1.807) is 18.2 Å². The minimum Gasteiger partial charge on any atom is -0.207 e. The smallest absolute Gasteiger partial charge is 0.207 e. The van der Waals surface area contributed by atoms with E-state index in [2.05, 4.69) is 0 Å². The van der Waals surface area contributed by atoms with Gasteiger partial charge in [-0.3, -0.25) is 0 Å². The molecule has 0 heterocycles. The first-order valence-corrected chi connectivity index (χ1v) is 5.48. The second-order valence-electron chi connectivity index (χ2n) is 4.25. The number of allylic oxidation sites excluding steroid dienone is 2. The Labute approximate surface area is 97.0 Å². The lowest BCUT2D eigenvalue weighted by Gasteiger charge is -2.24. The quantitative estimate of drug-likeness (QED) is 0.635. The van der Waals surface area contributed by atoms with Gasteiger partial charge in [0.15, 0.2) is 0 Å². The summed E-state index contributed by atoms with van der Waals surface area (Å²) >= 11 is 0. The van der Waals surface area contributed by atoms with Crippen LogP contribution in [-0.2, 0) is 0 Å². The van der Waals surface area contributed by atoms with Crippen LogP contribution in [0.3, 0.4) is 0 Å². The summed E-state index contributed by atoms with van der Waals surface area (Å²) in [5.41, 5.74) is 1.69. The van der Waals surface area contributed by atoms with E-state index in [4.69, 9.17) is 0 Å². The van der Waals surface area contributed by atoms with Gasteiger partial charge in [-0.05, 0) is 42.5 Å². The van der Waals surface area contributed by atoms with Gasteiger partial charge in [0, 0.05) is 0 Å². The SMILES string of the molecule is Fc1ccc(C2=CCC(C(F)(F)F)CC2)cc1. The third-order valence-electron chi connectivity index (χ3n) is 3.09. The molecular weight excluding hydrogens is 232 g/mol. The highest BCUT2D eigenvalue weighted by Gasteiger charge is 2.39. The summed E-state index contributed by atoms with van der Waals surface area (Å²) in [6.07, 6.45) is -1.95. The molecule has 0 aromatic heterocycles. The first-order valence-electron chi connectivity index (χ1n) is 5.48. The molecule has 92 valence electrons. The van der Waals surface area contributed by atoms with Gasteiger partial charge in [0.25, 0.3) is 0 Å². The Balaban J connectivity index is 2.11. The Morgan fingerprint density at radius 2 is 1.71 bits per heavy atom. The fraction of sp³-hybridized carbons (Fsp3) is 0.385. The summed E-state index contributed by atoms with van der Waals surface area (Å²) in [5, 5.41) is 0. The molecule has 0 amide bonds. The van der Waals surface area contributed by atoms with E-state index in [1.165, 1.54) is 12.1 Å². The van der Waals surface area contributed by atoms with E-state index >= 15 is 0 Å². The number of benzene rings is 1. The van der Waals surface area contributed by atoms with E-state index in [-0.39, 0.29) is 18.7 Å². The van der Waals surface area contributed by atoms with Crippen molar-refractivity contribution in [3.8, 4) is 0 Å². The van der Waals surface area contributed by atoms with Crippen LogP contribution >= 0.6 is 0 Å². The van der Waals surface area contributed by atoms with E-state index in [0.717, 1.165) is 11.1 Å². The predicted octanol–water partition coefficient (Wildman–Crippen LogP) is 4.57. The summed E-state index contributed by atoms with van der Waals surface area (Å²) in [5.74, 6) is -1.56. The first kappa shape index (κ1) is 12.1. The van der Waals surface area contributed by atoms with Crippen LogP contribution in [0.25, 0.3) is 5.57 Å². The third-order valence-corrected chi connectivity index (χ3v) is 3.09. The molecule has 0 aliphatic heterocycles. The van der Waals surface area contributed by atoms with Crippen molar-refractivity contribution in [2.75, 3.05) is 0 Å². The standard InChI is InChI=1S/C13H12F4/c14-12-7-3-10(4-8-12)9-1-5-11(6-2-9)13(15,16)17/h1,3-4,7-8,11H,2,5-6H2. The molecule has 0 N–H and O–H groups in total. The topological polar surface area (TPSA) is 0 Å². The lowest BCUT2D eigenvalue weighted by molar-refractivity contribution is -0.175. The van der Waals surface area contributed by atoms with Gasteiger partial charge < -0.3 is 0 Å². The van der Waals surface area contributed by atoms with Crippen molar-refractivity contribution in [1.29, 1.82) is 0 Å². The molecule has 1 aliphatic rings. The molecule has 0 fully saturated rings. The van der Waals surface area contributed by atoms with Gasteiger partial charge in [-0.2, -0.15) is 13.2 Å². The van der Waals surface area contributed by atoms with Gasteiger partial charge in [-0.15, -0.1) is 0 Å². The van der Waals surface area contributed by atoms with Gasteiger partial charge in [0.05, 0.1) is 5.92 Å². The highest BCUT2D eigenvalue weighted by Crippen LogP contribution is 2.39. The molecule has 17 heavy (non-hydrogen) atoms. The monoisotopic (exact) mass is 244 g/mol. The average Bonchev–Trinajstić information content (AvgIpc) is 2.29. The molecule has 1 unspecified atom stereocenters. The number of hydrogen-bond acceptors (Lipinski definition) is 0. The maximum Gasteiger partial charge on any atom is 0.392 e. The van der Waals surface area contributed by atoms with Crippen molar-refractivity contribution in [2.45, 2.75) is 25.4 Å². The molecule has 1 aromatic carbocycles. The predicted molar refractivity (Wildman–Crippen MR) is 57.8 cm³/mol. The molecule has 0 nitrogen and oxygen atoms in total. The maximum atomic E-state index is 12.7. The summed E-state index contributed by atoms with van der Waals surface area (Å²) in [7, 11) is 0. The first-order chi connectivity index (χ1) is 7.97. The minimum absolute atomic E-state index is 0.0240. The van der Waals surface area contributed by atoms with E-state index < -0.39 is 12.1 Å². The summed E-state index contributed by atoms with van der Waals surface area (Å²) in [6, 6.07) is 5.86. The number of hydrogen-bond donors (Lipinski definition) is 0. The molecular formula is C13H12F4. The van der Waals surface area contributed by atoms with E-state index in [1.807, 2.05) is 0 Å². The van der Waals surface area contributed by atoms with Crippen LogP contribution in [-0.4, -0.2) is 6.18 Å².